The molecule has 1 rings (SSSR count). The van der Waals surface area contributed by atoms with E-state index in [9.17, 15) is 0 Å². The van der Waals surface area contributed by atoms with E-state index in [1.807, 2.05) is 40.1 Å². The molecular weight excluding hydrogens is 266 g/mol. The van der Waals surface area contributed by atoms with E-state index in [0.29, 0.717) is 0 Å². The van der Waals surface area contributed by atoms with Crippen LogP contribution >= 0.6 is 0 Å². The van der Waals surface area contributed by atoms with Crippen LogP contribution in [0.2, 0.25) is 0 Å². The molecule has 0 spiro atoms. The second-order valence-corrected chi connectivity index (χ2v) is 3.06. The van der Waals surface area contributed by atoms with Crippen molar-refractivity contribution in [2.45, 2.75) is 20.3 Å². The molecule has 0 atom stereocenters. The molecule has 0 aromatic heterocycles. The summed E-state index contributed by atoms with van der Waals surface area (Å²) in [4.78, 5) is 0. The number of allylic oxidation sites excluding steroid dienone is 6. The summed E-state index contributed by atoms with van der Waals surface area (Å²) in [6.45, 7) is 11.2. The minimum Gasteiger partial charge on any atom is -0.358 e. The molecule has 0 aliphatic heterocycles. The van der Waals surface area contributed by atoms with Crippen LogP contribution in [0.25, 0.3) is 0 Å². The van der Waals surface area contributed by atoms with Crippen LogP contribution in [0.4, 0.5) is 0 Å². The van der Waals surface area contributed by atoms with Crippen molar-refractivity contribution in [3.63, 3.8) is 0 Å². The van der Waals surface area contributed by atoms with Crippen LogP contribution in [0.5, 0.6) is 0 Å². The van der Waals surface area contributed by atoms with Gasteiger partial charge in [-0.25, -0.2) is 12.2 Å². The molecular formula is C17H34NTi-5. The predicted octanol–water partition coefficient (Wildman–Crippen LogP) is 5.08. The zero-order valence-electron chi connectivity index (χ0n) is 14.4. The van der Waals surface area contributed by atoms with E-state index in [1.165, 1.54) is 0 Å². The minimum atomic E-state index is 0. The van der Waals surface area contributed by atoms with Crippen molar-refractivity contribution < 1.29 is 21.7 Å². The van der Waals surface area contributed by atoms with E-state index in [2.05, 4.69) is 30.6 Å². The van der Waals surface area contributed by atoms with Gasteiger partial charge in [-0.3, -0.25) is 6.08 Å². The summed E-state index contributed by atoms with van der Waals surface area (Å²) in [6.07, 6.45) is 10.0. The Morgan fingerprint density at radius 2 is 1.32 bits per heavy atom. The fourth-order valence-electron chi connectivity index (χ4n) is 0.340. The van der Waals surface area contributed by atoms with Crippen molar-refractivity contribution in [3.8, 4) is 0 Å². The van der Waals surface area contributed by atoms with Crippen molar-refractivity contribution in [2.24, 2.45) is 0 Å². The fourth-order valence-corrected chi connectivity index (χ4v) is 0.340. The Balaban J connectivity index is -0.0000000208. The van der Waals surface area contributed by atoms with Gasteiger partial charge < -0.3 is 35.0 Å². The van der Waals surface area contributed by atoms with Gasteiger partial charge in [-0.1, -0.05) is 24.3 Å². The molecule has 19 heavy (non-hydrogen) atoms. The zero-order valence-corrected chi connectivity index (χ0v) is 15.9. The van der Waals surface area contributed by atoms with Crippen molar-refractivity contribution >= 4 is 0 Å². The summed E-state index contributed by atoms with van der Waals surface area (Å²) < 4.78 is 0. The topological polar surface area (TPSA) is 12.0 Å². The van der Waals surface area contributed by atoms with Crippen molar-refractivity contribution in [3.05, 3.63) is 78.3 Å². The number of hydrogen-bond acceptors (Lipinski definition) is 1. The maximum absolute atomic E-state index is 3.66. The Morgan fingerprint density at radius 3 is 1.37 bits per heavy atom. The molecule has 0 amide bonds. The van der Waals surface area contributed by atoms with Gasteiger partial charge in [0.1, 0.15) is 0 Å². The van der Waals surface area contributed by atoms with Gasteiger partial charge >= 0.3 is 0 Å². The standard InChI is InChI=1S/C6H10.C5H5.C2H7N.4CH3.Ti/c1-5(2)6(3)4;1-2-4-5-3-1;1-3-2;;;;;/h1,3H2,2,4H3;1-3H,4H2;3H,1-2H3;4*1H3;/q;-1;;4*-1;. The van der Waals surface area contributed by atoms with E-state index in [1.54, 1.807) is 0 Å². The molecule has 0 heterocycles. The van der Waals surface area contributed by atoms with Gasteiger partial charge in [0.05, 0.1) is 0 Å². The van der Waals surface area contributed by atoms with E-state index >= 15 is 0 Å². The monoisotopic (exact) mass is 300 g/mol. The number of rotatable bonds is 1. The molecule has 2 heteroatoms. The molecule has 1 nitrogen and oxygen atoms in total. The Labute approximate surface area is 139 Å². The molecule has 0 aromatic carbocycles. The van der Waals surface area contributed by atoms with Crippen molar-refractivity contribution in [1.82, 2.24) is 5.32 Å². The largest absolute Gasteiger partial charge is 0.358 e. The van der Waals surface area contributed by atoms with Crippen LogP contribution in [-0.4, -0.2) is 14.1 Å². The fraction of sp³-hybridized carbons (Fsp3) is 0.294. The quantitative estimate of drug-likeness (QED) is 0.404. The number of hydrogen-bond donors (Lipinski definition) is 1. The second kappa shape index (κ2) is 36.0. The Morgan fingerprint density at radius 1 is 1.00 bits per heavy atom. The van der Waals surface area contributed by atoms with Crippen molar-refractivity contribution in [2.75, 3.05) is 14.1 Å². The van der Waals surface area contributed by atoms with Gasteiger partial charge in [0.2, 0.25) is 0 Å². The van der Waals surface area contributed by atoms with Gasteiger partial charge in [-0.05, 0) is 27.9 Å². The average Bonchev–Trinajstić information content (AvgIpc) is 2.61. The van der Waals surface area contributed by atoms with Gasteiger partial charge in [0, 0.05) is 21.7 Å². The van der Waals surface area contributed by atoms with E-state index in [4.69, 9.17) is 0 Å². The molecule has 0 fully saturated rings. The smallest absolute Gasteiger partial charge is 0 e. The molecule has 0 aromatic rings. The summed E-state index contributed by atoms with van der Waals surface area (Å²) in [5, 5.41) is 2.75. The second-order valence-electron chi connectivity index (χ2n) is 3.06. The Hall–Kier alpha value is -0.366. The van der Waals surface area contributed by atoms with Gasteiger partial charge in [0.15, 0.2) is 0 Å². The van der Waals surface area contributed by atoms with Crippen molar-refractivity contribution in [1.29, 1.82) is 0 Å². The summed E-state index contributed by atoms with van der Waals surface area (Å²) >= 11 is 0. The maximum atomic E-state index is 3.66. The van der Waals surface area contributed by atoms with Crippen LogP contribution in [0.15, 0.2) is 42.5 Å². The predicted molar refractivity (Wildman–Crippen MR) is 91.8 cm³/mol. The molecule has 1 N–H and O–H groups in total. The molecule has 0 saturated carbocycles. The first-order chi connectivity index (χ1) is 6.56. The zero-order chi connectivity index (χ0) is 11.4. The summed E-state index contributed by atoms with van der Waals surface area (Å²) in [6, 6.07) is 0. The van der Waals surface area contributed by atoms with Gasteiger partial charge in [-0.2, -0.15) is 6.08 Å². The van der Waals surface area contributed by atoms with Crippen LogP contribution in [-0.2, 0) is 21.7 Å². The SMILES string of the molecule is C=C(C)C(=C)C.CNC.[C-]1=CC=CC1.[CH3-].[CH3-].[CH3-].[CH3-].[Ti]. The van der Waals surface area contributed by atoms with Gasteiger partial charge in [0.25, 0.3) is 0 Å². The molecule has 1 aliphatic rings. The van der Waals surface area contributed by atoms with Gasteiger partial charge in [-0.15, -0.1) is 6.42 Å². The van der Waals surface area contributed by atoms with Crippen LogP contribution in [0.1, 0.15) is 20.3 Å². The summed E-state index contributed by atoms with van der Waals surface area (Å²) in [5.41, 5.74) is 2.13. The van der Waals surface area contributed by atoms with E-state index in [0.717, 1.165) is 17.6 Å². The summed E-state index contributed by atoms with van der Waals surface area (Å²) in [5.74, 6) is 0. The summed E-state index contributed by atoms with van der Waals surface area (Å²) in [7, 11) is 3.75. The molecule has 1 aliphatic carbocycles. The molecule has 116 valence electrons. The van der Waals surface area contributed by atoms with Crippen LogP contribution < -0.4 is 5.32 Å². The molecule has 0 radical (unpaired) electrons. The molecule has 0 unspecified atom stereocenters. The average molecular weight is 300 g/mol. The first-order valence-electron chi connectivity index (χ1n) is 4.67. The van der Waals surface area contributed by atoms with Crippen LogP contribution in [0.3, 0.4) is 0 Å². The van der Waals surface area contributed by atoms with E-state index < -0.39 is 0 Å². The Bertz CT molecular complexity index is 193. The van der Waals surface area contributed by atoms with E-state index in [-0.39, 0.29) is 51.4 Å². The first-order valence-corrected chi connectivity index (χ1v) is 4.67. The molecule has 0 saturated heterocycles. The first kappa shape index (κ1) is 42.8. The third-order valence-electron chi connectivity index (χ3n) is 1.31. The minimum absolute atomic E-state index is 0. The third kappa shape index (κ3) is 57.8. The third-order valence-corrected chi connectivity index (χ3v) is 1.31. The normalized spacial score (nSPS) is 8.00. The maximum Gasteiger partial charge on any atom is 0 e. The number of nitrogens with one attached hydrogen (secondary N) is 1. The van der Waals surface area contributed by atoms with Crippen LogP contribution in [0, 0.1) is 35.8 Å². The molecule has 0 bridgehead atoms. The Kier molecular flexibility index (Phi) is 81.2.